The summed E-state index contributed by atoms with van der Waals surface area (Å²) >= 11 is 0. The van der Waals surface area contributed by atoms with Gasteiger partial charge in [-0.2, -0.15) is 5.26 Å². The Kier molecular flexibility index (Phi) is 8.79. The maximum atomic E-state index is 8.48. The van der Waals surface area contributed by atoms with E-state index < -0.39 is 8.32 Å². The Labute approximate surface area is 107 Å². The molecular weight excluding hydrogens is 228 g/mol. The number of oxime groups is 1. The molecule has 0 aromatic heterocycles. The molecule has 0 aromatic carbocycles. The highest BCUT2D eigenvalue weighted by Crippen LogP contribution is 2.10. The summed E-state index contributed by atoms with van der Waals surface area (Å²) in [6, 6.07) is 2.18. The SMILES string of the molecule is CCCCC(CCCCC#N)=NO[Si](C)(C)C. The van der Waals surface area contributed by atoms with Gasteiger partial charge < -0.3 is 4.53 Å². The lowest BCUT2D eigenvalue weighted by Crippen LogP contribution is -2.23. The van der Waals surface area contributed by atoms with E-state index >= 15 is 0 Å². The average molecular weight is 254 g/mol. The first-order valence-corrected chi connectivity index (χ1v) is 10.0. The topological polar surface area (TPSA) is 45.4 Å². The molecule has 0 aromatic rings. The van der Waals surface area contributed by atoms with E-state index in [9.17, 15) is 0 Å². The molecule has 0 spiro atoms. The van der Waals surface area contributed by atoms with Crippen LogP contribution in [-0.4, -0.2) is 14.0 Å². The normalized spacial score (nSPS) is 12.3. The van der Waals surface area contributed by atoms with Gasteiger partial charge in [0.15, 0.2) is 0 Å². The van der Waals surface area contributed by atoms with E-state index in [0.29, 0.717) is 6.42 Å². The van der Waals surface area contributed by atoms with Crippen LogP contribution in [0.4, 0.5) is 0 Å². The van der Waals surface area contributed by atoms with Gasteiger partial charge >= 0.3 is 0 Å². The number of nitrogens with zero attached hydrogens (tertiary/aromatic N) is 2. The van der Waals surface area contributed by atoms with Gasteiger partial charge in [-0.25, -0.2) is 0 Å². The standard InChI is InChI=1S/C13H26N2OSi/c1-5-6-10-13(11-8-7-9-12-14)15-16-17(2,3)4/h5-11H2,1-4H3. The first kappa shape index (κ1) is 16.2. The highest BCUT2D eigenvalue weighted by atomic mass is 28.4. The Balaban J connectivity index is 4.08. The van der Waals surface area contributed by atoms with Crippen LogP contribution in [0.2, 0.25) is 19.6 Å². The van der Waals surface area contributed by atoms with Crippen molar-refractivity contribution in [2.45, 2.75) is 71.5 Å². The van der Waals surface area contributed by atoms with Crippen LogP contribution in [0.1, 0.15) is 51.9 Å². The van der Waals surface area contributed by atoms with Gasteiger partial charge in [-0.05, 0) is 51.7 Å². The van der Waals surface area contributed by atoms with Crippen LogP contribution in [0, 0.1) is 11.3 Å². The van der Waals surface area contributed by atoms with E-state index in [1.165, 1.54) is 18.6 Å². The highest BCUT2D eigenvalue weighted by Gasteiger charge is 2.16. The summed E-state index contributed by atoms with van der Waals surface area (Å²) in [6.07, 6.45) is 7.03. The van der Waals surface area contributed by atoms with E-state index in [1.54, 1.807) is 0 Å². The van der Waals surface area contributed by atoms with Gasteiger partial charge in [0.2, 0.25) is 0 Å². The van der Waals surface area contributed by atoms with Crippen molar-refractivity contribution in [3.63, 3.8) is 0 Å². The molecule has 0 atom stereocenters. The molecule has 0 fully saturated rings. The second-order valence-electron chi connectivity index (χ2n) is 5.33. The molecule has 0 saturated heterocycles. The molecule has 0 amide bonds. The van der Waals surface area contributed by atoms with Crippen LogP contribution < -0.4 is 0 Å². The van der Waals surface area contributed by atoms with Crippen molar-refractivity contribution in [1.82, 2.24) is 0 Å². The molecule has 0 bridgehead atoms. The Morgan fingerprint density at radius 3 is 2.35 bits per heavy atom. The number of hydrogen-bond acceptors (Lipinski definition) is 3. The molecule has 0 heterocycles. The zero-order valence-electron chi connectivity index (χ0n) is 11.8. The van der Waals surface area contributed by atoms with Crippen LogP contribution in [-0.2, 0) is 4.53 Å². The lowest BCUT2D eigenvalue weighted by Gasteiger charge is -2.15. The highest BCUT2D eigenvalue weighted by molar-refractivity contribution is 6.69. The number of hydrogen-bond donors (Lipinski definition) is 0. The molecule has 0 N–H and O–H groups in total. The number of rotatable bonds is 9. The van der Waals surface area contributed by atoms with E-state index in [-0.39, 0.29) is 0 Å². The fraction of sp³-hybridized carbons (Fsp3) is 0.846. The van der Waals surface area contributed by atoms with Gasteiger partial charge in [-0.3, -0.25) is 0 Å². The van der Waals surface area contributed by atoms with E-state index in [2.05, 4.69) is 37.8 Å². The number of nitriles is 1. The third-order valence-electron chi connectivity index (χ3n) is 2.27. The van der Waals surface area contributed by atoms with Crippen molar-refractivity contribution in [2.24, 2.45) is 5.16 Å². The summed E-state index contributed by atoms with van der Waals surface area (Å²) in [6.45, 7) is 8.61. The van der Waals surface area contributed by atoms with E-state index in [0.717, 1.165) is 25.7 Å². The third kappa shape index (κ3) is 11.4. The fourth-order valence-corrected chi connectivity index (χ4v) is 1.73. The Bertz CT molecular complexity index is 264. The molecule has 0 aliphatic heterocycles. The maximum Gasteiger partial charge on any atom is 0.278 e. The van der Waals surface area contributed by atoms with Gasteiger partial charge in [0.25, 0.3) is 8.32 Å². The van der Waals surface area contributed by atoms with Crippen molar-refractivity contribution >= 4 is 14.0 Å². The Morgan fingerprint density at radius 2 is 1.82 bits per heavy atom. The van der Waals surface area contributed by atoms with Gasteiger partial charge in [0.1, 0.15) is 0 Å². The van der Waals surface area contributed by atoms with Crippen molar-refractivity contribution in [2.75, 3.05) is 0 Å². The van der Waals surface area contributed by atoms with Crippen LogP contribution in [0.3, 0.4) is 0 Å². The summed E-state index contributed by atoms with van der Waals surface area (Å²) < 4.78 is 5.61. The first-order valence-electron chi connectivity index (χ1n) is 6.60. The van der Waals surface area contributed by atoms with Crippen molar-refractivity contribution in [1.29, 1.82) is 5.26 Å². The van der Waals surface area contributed by atoms with Crippen molar-refractivity contribution in [3.8, 4) is 6.07 Å². The van der Waals surface area contributed by atoms with Crippen LogP contribution in [0.25, 0.3) is 0 Å². The molecule has 0 rings (SSSR count). The average Bonchev–Trinajstić information content (AvgIpc) is 2.25. The summed E-state index contributed by atoms with van der Waals surface area (Å²) in [5.74, 6) is 0. The van der Waals surface area contributed by atoms with Crippen molar-refractivity contribution < 1.29 is 4.53 Å². The Morgan fingerprint density at radius 1 is 1.18 bits per heavy atom. The molecule has 0 aliphatic rings. The second-order valence-corrected chi connectivity index (χ2v) is 9.74. The largest absolute Gasteiger partial charge is 0.456 e. The summed E-state index contributed by atoms with van der Waals surface area (Å²) in [5.41, 5.74) is 1.17. The van der Waals surface area contributed by atoms with Gasteiger partial charge in [-0.1, -0.05) is 13.3 Å². The minimum Gasteiger partial charge on any atom is -0.456 e. The van der Waals surface area contributed by atoms with Crippen LogP contribution in [0.5, 0.6) is 0 Å². The molecule has 4 heteroatoms. The molecule has 0 radical (unpaired) electrons. The predicted octanol–water partition coefficient (Wildman–Crippen LogP) is 4.47. The minimum atomic E-state index is -1.55. The molecule has 0 saturated carbocycles. The summed E-state index contributed by atoms with van der Waals surface area (Å²) in [7, 11) is -1.55. The zero-order chi connectivity index (χ0) is 13.1. The predicted molar refractivity (Wildman–Crippen MR) is 75.5 cm³/mol. The van der Waals surface area contributed by atoms with Crippen LogP contribution >= 0.6 is 0 Å². The second kappa shape index (κ2) is 9.23. The van der Waals surface area contributed by atoms with Gasteiger partial charge in [0.05, 0.1) is 11.8 Å². The summed E-state index contributed by atoms with van der Waals surface area (Å²) in [4.78, 5) is 0. The zero-order valence-corrected chi connectivity index (χ0v) is 12.8. The minimum absolute atomic E-state index is 0.649. The molecule has 3 nitrogen and oxygen atoms in total. The van der Waals surface area contributed by atoms with E-state index in [4.69, 9.17) is 9.79 Å². The lowest BCUT2D eigenvalue weighted by atomic mass is 10.1. The molecule has 0 aliphatic carbocycles. The quantitative estimate of drug-likeness (QED) is 0.264. The Hall–Kier alpha value is -0.823. The van der Waals surface area contributed by atoms with Crippen LogP contribution in [0.15, 0.2) is 5.16 Å². The van der Waals surface area contributed by atoms with Gasteiger partial charge in [0, 0.05) is 6.42 Å². The molecule has 17 heavy (non-hydrogen) atoms. The molecular formula is C13H26N2OSi. The fourth-order valence-electron chi connectivity index (χ4n) is 1.33. The first-order chi connectivity index (χ1) is 7.99. The van der Waals surface area contributed by atoms with Gasteiger partial charge in [-0.15, -0.1) is 5.16 Å². The third-order valence-corrected chi connectivity index (χ3v) is 2.91. The number of unbranched alkanes of at least 4 members (excludes halogenated alkanes) is 3. The smallest absolute Gasteiger partial charge is 0.278 e. The molecule has 98 valence electrons. The summed E-state index contributed by atoms with van der Waals surface area (Å²) in [5, 5.41) is 12.8. The monoisotopic (exact) mass is 254 g/mol. The van der Waals surface area contributed by atoms with E-state index in [1.807, 2.05) is 0 Å². The molecule has 0 unspecified atom stereocenters. The van der Waals surface area contributed by atoms with Crippen molar-refractivity contribution in [3.05, 3.63) is 0 Å². The maximum absolute atomic E-state index is 8.48. The lowest BCUT2D eigenvalue weighted by molar-refractivity contribution is 0.332.